The van der Waals surface area contributed by atoms with Crippen LogP contribution in [0.3, 0.4) is 0 Å². The van der Waals surface area contributed by atoms with Crippen molar-refractivity contribution in [1.82, 2.24) is 19.9 Å². The van der Waals surface area contributed by atoms with E-state index < -0.39 is 5.60 Å². The van der Waals surface area contributed by atoms with Crippen LogP contribution in [0.5, 0.6) is 11.5 Å². The highest BCUT2D eigenvalue weighted by atomic mass is 32.1. The van der Waals surface area contributed by atoms with Gasteiger partial charge < -0.3 is 24.1 Å². The van der Waals surface area contributed by atoms with Gasteiger partial charge in [0, 0.05) is 43.5 Å². The molecule has 0 aliphatic heterocycles. The molecule has 1 amide bonds. The number of thiophene rings is 1. The van der Waals surface area contributed by atoms with E-state index in [1.54, 1.807) is 27.1 Å². The Labute approximate surface area is 199 Å². The summed E-state index contributed by atoms with van der Waals surface area (Å²) >= 11 is 1.46. The smallest absolute Gasteiger partial charge is 0.253 e. The van der Waals surface area contributed by atoms with Gasteiger partial charge in [-0.2, -0.15) is 0 Å². The lowest BCUT2D eigenvalue weighted by Crippen LogP contribution is -2.18. The first-order valence-corrected chi connectivity index (χ1v) is 11.6. The summed E-state index contributed by atoms with van der Waals surface area (Å²) in [5.41, 5.74) is 2.60. The van der Waals surface area contributed by atoms with E-state index in [1.165, 1.54) is 17.6 Å². The average Bonchev–Trinajstić information content (AvgIpc) is 3.51. The zero-order valence-electron chi connectivity index (χ0n) is 19.5. The molecule has 8 nitrogen and oxygen atoms in total. The molecule has 0 atom stereocenters. The number of nitrogens with one attached hydrogen (secondary N) is 1. The summed E-state index contributed by atoms with van der Waals surface area (Å²) < 4.78 is 14.7. The monoisotopic (exact) mass is 476 g/mol. The van der Waals surface area contributed by atoms with Gasteiger partial charge in [-0.15, -0.1) is 11.3 Å². The fraction of sp³-hybridized carbons (Fsp3) is 0.240. The van der Waals surface area contributed by atoms with Gasteiger partial charge in [0.15, 0.2) is 0 Å². The van der Waals surface area contributed by atoms with Crippen LogP contribution in [-0.4, -0.2) is 32.6 Å². The number of aromatic nitrogens is 3. The molecule has 5 rings (SSSR count). The number of carbonyl (C=O) groups is 1. The lowest BCUT2D eigenvalue weighted by Gasteiger charge is -2.11. The summed E-state index contributed by atoms with van der Waals surface area (Å²) in [5.74, 6) is 1.62. The SMILES string of the molecule is CNC(=O)c1c(C)n(C)c2cc(Oc3ccnc4cc(-c5nc(C(C)(C)O)co5)sc34)ccc12. The number of carbonyl (C=O) groups excluding carboxylic acids is 1. The minimum absolute atomic E-state index is 0.113. The summed E-state index contributed by atoms with van der Waals surface area (Å²) in [6.07, 6.45) is 3.16. The van der Waals surface area contributed by atoms with Gasteiger partial charge in [0.2, 0.25) is 5.89 Å². The molecule has 0 unspecified atom stereocenters. The number of aliphatic hydroxyl groups is 1. The number of ether oxygens (including phenoxy) is 1. The highest BCUT2D eigenvalue weighted by molar-refractivity contribution is 7.22. The molecule has 0 spiro atoms. The third kappa shape index (κ3) is 3.63. The summed E-state index contributed by atoms with van der Waals surface area (Å²) in [5, 5.41) is 13.8. The summed E-state index contributed by atoms with van der Waals surface area (Å²) in [6, 6.07) is 9.41. The molecular formula is C25H24N4O4S. The largest absolute Gasteiger partial charge is 0.456 e. The number of oxazole rings is 1. The minimum atomic E-state index is -1.09. The Morgan fingerprint density at radius 1 is 1.26 bits per heavy atom. The minimum Gasteiger partial charge on any atom is -0.456 e. The number of fused-ring (bicyclic) bond motifs is 2. The van der Waals surface area contributed by atoms with Crippen molar-refractivity contribution in [3.63, 3.8) is 0 Å². The number of rotatable bonds is 5. The fourth-order valence-electron chi connectivity index (χ4n) is 3.91. The maximum atomic E-state index is 12.4. The summed E-state index contributed by atoms with van der Waals surface area (Å²) in [4.78, 5) is 22.0. The zero-order chi connectivity index (χ0) is 24.2. The molecule has 4 aromatic heterocycles. The number of nitrogens with zero attached hydrogens (tertiary/aromatic N) is 3. The van der Waals surface area contributed by atoms with Gasteiger partial charge in [0.25, 0.3) is 5.91 Å². The molecule has 34 heavy (non-hydrogen) atoms. The van der Waals surface area contributed by atoms with E-state index >= 15 is 0 Å². The van der Waals surface area contributed by atoms with Crippen LogP contribution in [0.2, 0.25) is 0 Å². The van der Waals surface area contributed by atoms with Crippen LogP contribution in [-0.2, 0) is 12.6 Å². The highest BCUT2D eigenvalue weighted by Crippen LogP contribution is 2.40. The first-order chi connectivity index (χ1) is 16.2. The number of benzene rings is 1. The van der Waals surface area contributed by atoms with Crippen LogP contribution in [0.1, 0.15) is 35.6 Å². The van der Waals surface area contributed by atoms with Crippen LogP contribution in [0.4, 0.5) is 0 Å². The quantitative estimate of drug-likeness (QED) is 0.365. The van der Waals surface area contributed by atoms with Gasteiger partial charge in [-0.3, -0.25) is 9.78 Å². The summed E-state index contributed by atoms with van der Waals surface area (Å²) in [7, 11) is 3.56. The second-order valence-corrected chi connectivity index (χ2v) is 9.66. The Hall–Kier alpha value is -3.69. The van der Waals surface area contributed by atoms with Crippen LogP contribution in [0.15, 0.2) is 47.2 Å². The number of hydrogen-bond acceptors (Lipinski definition) is 7. The average molecular weight is 477 g/mol. The lowest BCUT2D eigenvalue weighted by atomic mass is 10.1. The van der Waals surface area contributed by atoms with Crippen LogP contribution in [0.25, 0.3) is 31.9 Å². The van der Waals surface area contributed by atoms with Gasteiger partial charge in [0.1, 0.15) is 29.1 Å². The first kappa shape index (κ1) is 22.1. The number of aryl methyl sites for hydroxylation is 1. The van der Waals surface area contributed by atoms with E-state index in [4.69, 9.17) is 9.15 Å². The van der Waals surface area contributed by atoms with Crippen LogP contribution in [0, 0.1) is 6.92 Å². The standard InChI is InChI=1S/C25H24N4O4S/c1-13-21(23(30)26-4)15-7-6-14(10-17(15)29(13)5)33-18-8-9-27-16-11-19(34-22(16)18)24-28-20(12-32-24)25(2,3)31/h6-12,31H,1-5H3,(H,26,30). The molecule has 5 aromatic rings. The maximum absolute atomic E-state index is 12.4. The van der Waals surface area contributed by atoms with Crippen molar-refractivity contribution < 1.29 is 19.1 Å². The predicted molar refractivity (Wildman–Crippen MR) is 131 cm³/mol. The van der Waals surface area contributed by atoms with Gasteiger partial charge in [-0.05, 0) is 39.0 Å². The van der Waals surface area contributed by atoms with Crippen molar-refractivity contribution in [2.24, 2.45) is 7.05 Å². The highest BCUT2D eigenvalue weighted by Gasteiger charge is 2.23. The number of pyridine rings is 1. The van der Waals surface area contributed by atoms with Crippen molar-refractivity contribution in [1.29, 1.82) is 0 Å². The molecule has 0 aliphatic carbocycles. The third-order valence-electron chi connectivity index (χ3n) is 5.86. The molecule has 0 aliphatic rings. The summed E-state index contributed by atoms with van der Waals surface area (Å²) in [6.45, 7) is 5.25. The number of amides is 1. The maximum Gasteiger partial charge on any atom is 0.253 e. The Kier molecular flexibility index (Phi) is 5.18. The first-order valence-electron chi connectivity index (χ1n) is 10.7. The molecule has 0 saturated heterocycles. The van der Waals surface area contributed by atoms with Gasteiger partial charge in [0.05, 0.1) is 26.2 Å². The molecular weight excluding hydrogens is 452 g/mol. The van der Waals surface area contributed by atoms with Crippen molar-refractivity contribution in [3.05, 3.63) is 59.7 Å². The van der Waals surface area contributed by atoms with Crippen LogP contribution >= 0.6 is 11.3 Å². The molecule has 4 heterocycles. The zero-order valence-corrected chi connectivity index (χ0v) is 20.3. The van der Waals surface area contributed by atoms with E-state index in [1.807, 2.05) is 48.9 Å². The second kappa shape index (κ2) is 7.96. The van der Waals surface area contributed by atoms with E-state index in [0.717, 1.165) is 31.7 Å². The van der Waals surface area contributed by atoms with E-state index in [-0.39, 0.29) is 5.91 Å². The van der Waals surface area contributed by atoms with E-state index in [2.05, 4.69) is 15.3 Å². The van der Waals surface area contributed by atoms with E-state index in [9.17, 15) is 9.90 Å². The van der Waals surface area contributed by atoms with E-state index in [0.29, 0.717) is 28.6 Å². The molecule has 1 aromatic carbocycles. The molecule has 0 saturated carbocycles. The van der Waals surface area contributed by atoms with Crippen molar-refractivity contribution in [2.45, 2.75) is 26.4 Å². The Morgan fingerprint density at radius 2 is 2.06 bits per heavy atom. The van der Waals surface area contributed by atoms with Crippen molar-refractivity contribution >= 4 is 38.4 Å². The Bertz CT molecular complexity index is 1550. The molecule has 174 valence electrons. The third-order valence-corrected chi connectivity index (χ3v) is 6.99. The molecule has 2 N–H and O–H groups in total. The Morgan fingerprint density at radius 3 is 2.76 bits per heavy atom. The lowest BCUT2D eigenvalue weighted by molar-refractivity contribution is 0.0737. The molecule has 0 fully saturated rings. The van der Waals surface area contributed by atoms with Crippen molar-refractivity contribution in [3.8, 4) is 22.3 Å². The topological polar surface area (TPSA) is 102 Å². The van der Waals surface area contributed by atoms with Gasteiger partial charge in [-0.25, -0.2) is 4.98 Å². The number of hydrogen-bond donors (Lipinski definition) is 2. The van der Waals surface area contributed by atoms with Gasteiger partial charge in [-0.1, -0.05) is 0 Å². The molecule has 0 radical (unpaired) electrons. The van der Waals surface area contributed by atoms with Gasteiger partial charge >= 0.3 is 0 Å². The molecule has 0 bridgehead atoms. The normalized spacial score (nSPS) is 11.9. The second-order valence-electron chi connectivity index (χ2n) is 8.61. The van der Waals surface area contributed by atoms with Crippen LogP contribution < -0.4 is 10.1 Å². The Balaban J connectivity index is 1.52. The molecule has 9 heteroatoms. The predicted octanol–water partition coefficient (Wildman–Crippen LogP) is 5.13. The van der Waals surface area contributed by atoms with Crippen molar-refractivity contribution in [2.75, 3.05) is 7.05 Å². The fourth-order valence-corrected chi connectivity index (χ4v) is 4.91.